The van der Waals surface area contributed by atoms with E-state index in [-0.39, 0.29) is 5.97 Å². The van der Waals surface area contributed by atoms with Crippen molar-refractivity contribution in [3.05, 3.63) is 29.1 Å². The Morgan fingerprint density at radius 2 is 2.14 bits per heavy atom. The van der Waals surface area contributed by atoms with E-state index in [1.807, 2.05) is 0 Å². The summed E-state index contributed by atoms with van der Waals surface area (Å²) in [5.41, 5.74) is 1.96. The predicted octanol–water partition coefficient (Wildman–Crippen LogP) is 1.32. The second-order valence-electron chi connectivity index (χ2n) is 2.86. The molecule has 0 fully saturated rings. The van der Waals surface area contributed by atoms with Gasteiger partial charge in [0.15, 0.2) is 0 Å². The molecule has 76 valence electrons. The minimum atomic E-state index is -0.362. The van der Waals surface area contributed by atoms with Crippen molar-refractivity contribution < 1.29 is 14.3 Å². The van der Waals surface area contributed by atoms with E-state index in [0.29, 0.717) is 17.9 Å². The molecule has 0 radical (unpaired) electrons. The monoisotopic (exact) mass is 195 g/mol. The highest BCUT2D eigenvalue weighted by Crippen LogP contribution is 2.08. The number of carbonyl (C=O) groups excluding carboxylic acids is 1. The number of ether oxygens (including phenoxy) is 2. The fourth-order valence-electron chi connectivity index (χ4n) is 1.17. The van der Waals surface area contributed by atoms with Crippen LogP contribution < -0.4 is 0 Å². The van der Waals surface area contributed by atoms with Gasteiger partial charge < -0.3 is 9.47 Å². The van der Waals surface area contributed by atoms with Crippen LogP contribution >= 0.6 is 0 Å². The number of methoxy groups -OCH3 is 2. The molecule has 0 bridgehead atoms. The number of aromatic nitrogens is 1. The summed E-state index contributed by atoms with van der Waals surface area (Å²) in [6.07, 6.45) is 0. The topological polar surface area (TPSA) is 48.4 Å². The predicted molar refractivity (Wildman–Crippen MR) is 51.0 cm³/mol. The van der Waals surface area contributed by atoms with Crippen LogP contribution in [-0.4, -0.2) is 25.2 Å². The van der Waals surface area contributed by atoms with Gasteiger partial charge in [-0.25, -0.2) is 4.79 Å². The highest BCUT2D eigenvalue weighted by Gasteiger charge is 2.10. The van der Waals surface area contributed by atoms with E-state index in [2.05, 4.69) is 9.72 Å². The molecule has 0 N–H and O–H groups in total. The van der Waals surface area contributed by atoms with Gasteiger partial charge in [0.1, 0.15) is 0 Å². The fourth-order valence-corrected chi connectivity index (χ4v) is 1.17. The second kappa shape index (κ2) is 4.72. The van der Waals surface area contributed by atoms with Crippen LogP contribution in [0.3, 0.4) is 0 Å². The Morgan fingerprint density at radius 3 is 2.64 bits per heavy atom. The van der Waals surface area contributed by atoms with Crippen molar-refractivity contribution in [3.8, 4) is 0 Å². The normalized spacial score (nSPS) is 9.93. The molecule has 14 heavy (non-hydrogen) atoms. The molecule has 1 heterocycles. The van der Waals surface area contributed by atoms with E-state index in [0.717, 1.165) is 5.69 Å². The number of hydrogen-bond donors (Lipinski definition) is 0. The quantitative estimate of drug-likeness (QED) is 0.682. The first kappa shape index (κ1) is 10.7. The summed E-state index contributed by atoms with van der Waals surface area (Å²) < 4.78 is 9.54. The van der Waals surface area contributed by atoms with Crippen molar-refractivity contribution in [2.45, 2.75) is 13.5 Å². The zero-order valence-corrected chi connectivity index (χ0v) is 8.53. The van der Waals surface area contributed by atoms with E-state index in [9.17, 15) is 4.79 Å². The maximum Gasteiger partial charge on any atom is 0.339 e. The lowest BCUT2D eigenvalue weighted by molar-refractivity contribution is 0.0599. The number of carbonyl (C=O) groups is 1. The average Bonchev–Trinajstić information content (AvgIpc) is 2.17. The van der Waals surface area contributed by atoms with Crippen LogP contribution in [0, 0.1) is 6.92 Å². The van der Waals surface area contributed by atoms with Gasteiger partial charge in [-0.3, -0.25) is 4.98 Å². The summed E-state index contributed by atoms with van der Waals surface area (Å²) in [6, 6.07) is 3.45. The highest BCUT2D eigenvalue weighted by molar-refractivity contribution is 5.90. The third-order valence-electron chi connectivity index (χ3n) is 1.84. The standard InChI is InChI=1S/C10H13NO3/c1-7-9(10(12)14-3)5-4-8(11-7)6-13-2/h4-5H,6H2,1-3H3. The van der Waals surface area contributed by atoms with Crippen LogP contribution in [0.25, 0.3) is 0 Å². The second-order valence-corrected chi connectivity index (χ2v) is 2.86. The Labute approximate surface area is 82.9 Å². The van der Waals surface area contributed by atoms with Gasteiger partial charge in [0.25, 0.3) is 0 Å². The third kappa shape index (κ3) is 2.29. The van der Waals surface area contributed by atoms with E-state index < -0.39 is 0 Å². The van der Waals surface area contributed by atoms with Crippen molar-refractivity contribution in [2.24, 2.45) is 0 Å². The molecule has 1 aromatic heterocycles. The minimum Gasteiger partial charge on any atom is -0.465 e. The molecular formula is C10H13NO3. The van der Waals surface area contributed by atoms with Crippen LogP contribution in [0.4, 0.5) is 0 Å². The lowest BCUT2D eigenvalue weighted by Gasteiger charge is -2.05. The van der Waals surface area contributed by atoms with Crippen molar-refractivity contribution >= 4 is 5.97 Å². The summed E-state index contributed by atoms with van der Waals surface area (Å²) in [4.78, 5) is 15.4. The van der Waals surface area contributed by atoms with Crippen LogP contribution in [0.1, 0.15) is 21.7 Å². The Balaban J connectivity index is 2.95. The number of esters is 1. The molecule has 0 aromatic carbocycles. The maximum absolute atomic E-state index is 11.2. The molecule has 0 spiro atoms. The smallest absolute Gasteiger partial charge is 0.339 e. The molecular weight excluding hydrogens is 182 g/mol. The molecule has 4 nitrogen and oxygen atoms in total. The van der Waals surface area contributed by atoms with Gasteiger partial charge in [-0.05, 0) is 19.1 Å². The van der Waals surface area contributed by atoms with Crippen LogP contribution in [0.5, 0.6) is 0 Å². The minimum absolute atomic E-state index is 0.362. The number of nitrogens with zero attached hydrogens (tertiary/aromatic N) is 1. The lowest BCUT2D eigenvalue weighted by atomic mass is 10.2. The summed E-state index contributed by atoms with van der Waals surface area (Å²) in [5.74, 6) is -0.362. The maximum atomic E-state index is 11.2. The summed E-state index contributed by atoms with van der Waals surface area (Å²) >= 11 is 0. The summed E-state index contributed by atoms with van der Waals surface area (Å²) in [6.45, 7) is 2.22. The molecule has 1 rings (SSSR count). The molecule has 0 aliphatic carbocycles. The van der Waals surface area contributed by atoms with Crippen molar-refractivity contribution in [3.63, 3.8) is 0 Å². The van der Waals surface area contributed by atoms with Gasteiger partial charge in [-0.2, -0.15) is 0 Å². The number of pyridine rings is 1. The molecule has 4 heteroatoms. The zero-order chi connectivity index (χ0) is 10.6. The van der Waals surface area contributed by atoms with Crippen LogP contribution in [0.2, 0.25) is 0 Å². The Kier molecular flexibility index (Phi) is 3.59. The van der Waals surface area contributed by atoms with Gasteiger partial charge in [-0.1, -0.05) is 0 Å². The van der Waals surface area contributed by atoms with Gasteiger partial charge in [0.05, 0.1) is 30.7 Å². The van der Waals surface area contributed by atoms with E-state index in [1.54, 1.807) is 26.2 Å². The fraction of sp³-hybridized carbons (Fsp3) is 0.400. The first-order chi connectivity index (χ1) is 6.69. The van der Waals surface area contributed by atoms with Gasteiger partial charge >= 0.3 is 5.97 Å². The molecule has 0 saturated carbocycles. The number of rotatable bonds is 3. The van der Waals surface area contributed by atoms with E-state index in [1.165, 1.54) is 7.11 Å². The van der Waals surface area contributed by atoms with Gasteiger partial charge in [0, 0.05) is 7.11 Å². The van der Waals surface area contributed by atoms with Gasteiger partial charge in [-0.15, -0.1) is 0 Å². The van der Waals surface area contributed by atoms with E-state index >= 15 is 0 Å². The van der Waals surface area contributed by atoms with E-state index in [4.69, 9.17) is 4.74 Å². The first-order valence-corrected chi connectivity index (χ1v) is 4.22. The Bertz CT molecular complexity index is 336. The molecule has 0 atom stereocenters. The molecule has 1 aromatic rings. The van der Waals surface area contributed by atoms with Crippen molar-refractivity contribution in [1.82, 2.24) is 4.98 Å². The van der Waals surface area contributed by atoms with Gasteiger partial charge in [0.2, 0.25) is 0 Å². The largest absolute Gasteiger partial charge is 0.465 e. The number of hydrogen-bond acceptors (Lipinski definition) is 4. The first-order valence-electron chi connectivity index (χ1n) is 4.22. The number of aryl methyl sites for hydroxylation is 1. The van der Waals surface area contributed by atoms with Crippen molar-refractivity contribution in [1.29, 1.82) is 0 Å². The molecule has 0 unspecified atom stereocenters. The molecule has 0 aliphatic heterocycles. The summed E-state index contributed by atoms with van der Waals surface area (Å²) in [7, 11) is 2.95. The zero-order valence-electron chi connectivity index (χ0n) is 8.53. The summed E-state index contributed by atoms with van der Waals surface area (Å²) in [5, 5.41) is 0. The molecule has 0 saturated heterocycles. The van der Waals surface area contributed by atoms with Crippen molar-refractivity contribution in [2.75, 3.05) is 14.2 Å². The Hall–Kier alpha value is -1.42. The average molecular weight is 195 g/mol. The lowest BCUT2D eigenvalue weighted by Crippen LogP contribution is -2.06. The Morgan fingerprint density at radius 1 is 1.43 bits per heavy atom. The van der Waals surface area contributed by atoms with Crippen LogP contribution in [0.15, 0.2) is 12.1 Å². The highest BCUT2D eigenvalue weighted by atomic mass is 16.5. The molecule has 0 amide bonds. The SMILES string of the molecule is COCc1ccc(C(=O)OC)c(C)n1. The third-order valence-corrected chi connectivity index (χ3v) is 1.84. The van der Waals surface area contributed by atoms with Crippen LogP contribution in [-0.2, 0) is 16.1 Å². The molecule has 0 aliphatic rings.